The van der Waals surface area contributed by atoms with Crippen molar-refractivity contribution in [2.75, 3.05) is 0 Å². The number of carbonyl (C=O) groups excluding carboxylic acids is 1. The maximum absolute atomic E-state index is 12.0. The van der Waals surface area contributed by atoms with Crippen molar-refractivity contribution in [3.8, 4) is 0 Å². The predicted octanol–water partition coefficient (Wildman–Crippen LogP) is 2.91. The van der Waals surface area contributed by atoms with E-state index in [-0.39, 0.29) is 0 Å². The second-order valence-electron chi connectivity index (χ2n) is 5.96. The molecule has 0 saturated heterocycles. The summed E-state index contributed by atoms with van der Waals surface area (Å²) in [7, 11) is 0. The van der Waals surface area contributed by atoms with Crippen molar-refractivity contribution < 1.29 is 19.4 Å². The fourth-order valence-electron chi connectivity index (χ4n) is 1.90. The van der Waals surface area contributed by atoms with E-state index in [0.717, 1.165) is 5.56 Å². The minimum atomic E-state index is -0.979. The van der Waals surface area contributed by atoms with Gasteiger partial charge < -0.3 is 9.84 Å². The summed E-state index contributed by atoms with van der Waals surface area (Å²) in [5.74, 6) is -2.92. The highest BCUT2D eigenvalue weighted by Gasteiger charge is 2.33. The molecule has 110 valence electrons. The second kappa shape index (κ2) is 6.55. The predicted molar refractivity (Wildman–Crippen MR) is 76.3 cm³/mol. The first-order valence-corrected chi connectivity index (χ1v) is 6.70. The van der Waals surface area contributed by atoms with Crippen molar-refractivity contribution in [3.05, 3.63) is 35.9 Å². The molecule has 0 radical (unpaired) electrons. The molecule has 0 saturated carbocycles. The fourth-order valence-corrected chi connectivity index (χ4v) is 1.90. The van der Waals surface area contributed by atoms with Gasteiger partial charge in [0.05, 0.1) is 11.8 Å². The number of benzene rings is 1. The lowest BCUT2D eigenvalue weighted by Crippen LogP contribution is -2.35. The molecule has 0 aliphatic carbocycles. The van der Waals surface area contributed by atoms with Crippen LogP contribution in [0.1, 0.15) is 33.3 Å². The third-order valence-corrected chi connectivity index (χ3v) is 3.00. The van der Waals surface area contributed by atoms with Gasteiger partial charge in [-0.15, -0.1) is 0 Å². The quantitative estimate of drug-likeness (QED) is 0.841. The first kappa shape index (κ1) is 16.2. The van der Waals surface area contributed by atoms with Gasteiger partial charge in [-0.25, -0.2) is 0 Å². The highest BCUT2D eigenvalue weighted by atomic mass is 16.6. The van der Waals surface area contributed by atoms with Crippen molar-refractivity contribution in [1.82, 2.24) is 0 Å². The summed E-state index contributed by atoms with van der Waals surface area (Å²) in [6, 6.07) is 9.30. The number of aliphatic carboxylic acids is 1. The number of ether oxygens (including phenoxy) is 1. The molecule has 1 aromatic carbocycles. The Bertz CT molecular complexity index is 459. The van der Waals surface area contributed by atoms with Gasteiger partial charge in [0, 0.05) is 0 Å². The third-order valence-electron chi connectivity index (χ3n) is 3.00. The molecule has 0 spiro atoms. The van der Waals surface area contributed by atoms with E-state index in [9.17, 15) is 14.7 Å². The average Bonchev–Trinajstić information content (AvgIpc) is 2.34. The SMILES string of the molecule is CC(C(=O)OC(C)(C)C)[C@@H](Cc1ccccc1)C(=O)O. The average molecular weight is 278 g/mol. The number of carboxylic acids is 1. The highest BCUT2D eigenvalue weighted by molar-refractivity contribution is 5.81. The molecular weight excluding hydrogens is 256 g/mol. The van der Waals surface area contributed by atoms with E-state index in [2.05, 4.69) is 0 Å². The monoisotopic (exact) mass is 278 g/mol. The standard InChI is InChI=1S/C16H22O4/c1-11(15(19)20-16(2,3)4)13(14(17)18)10-12-8-6-5-7-9-12/h5-9,11,13H,10H2,1-4H3,(H,17,18)/t11?,13-/m1/s1. The summed E-state index contributed by atoms with van der Waals surface area (Å²) in [4.78, 5) is 23.4. The Morgan fingerprint density at radius 1 is 1.20 bits per heavy atom. The zero-order valence-electron chi connectivity index (χ0n) is 12.4. The zero-order chi connectivity index (χ0) is 15.3. The number of carboxylic acid groups (broad SMARTS) is 1. The number of hydrogen-bond donors (Lipinski definition) is 1. The van der Waals surface area contributed by atoms with Crippen LogP contribution in [-0.4, -0.2) is 22.6 Å². The van der Waals surface area contributed by atoms with E-state index in [1.165, 1.54) is 0 Å². The van der Waals surface area contributed by atoms with Gasteiger partial charge in [0.25, 0.3) is 0 Å². The minimum Gasteiger partial charge on any atom is -0.481 e. The zero-order valence-corrected chi connectivity index (χ0v) is 12.4. The molecule has 1 rings (SSSR count). The summed E-state index contributed by atoms with van der Waals surface area (Å²) in [6.07, 6.45) is 0.316. The fraction of sp³-hybridized carbons (Fsp3) is 0.500. The summed E-state index contributed by atoms with van der Waals surface area (Å²) in [6.45, 7) is 6.91. The van der Waals surface area contributed by atoms with Gasteiger partial charge in [0.1, 0.15) is 5.60 Å². The van der Waals surface area contributed by atoms with Crippen LogP contribution in [-0.2, 0) is 20.7 Å². The van der Waals surface area contributed by atoms with E-state index in [4.69, 9.17) is 4.74 Å². The molecule has 0 aromatic heterocycles. The molecule has 0 amide bonds. The molecule has 0 aliphatic heterocycles. The van der Waals surface area contributed by atoms with Gasteiger partial charge in [0.15, 0.2) is 0 Å². The second-order valence-corrected chi connectivity index (χ2v) is 5.96. The molecule has 0 fully saturated rings. The lowest BCUT2D eigenvalue weighted by atomic mass is 9.88. The number of carbonyl (C=O) groups is 2. The van der Waals surface area contributed by atoms with E-state index < -0.39 is 29.4 Å². The summed E-state index contributed by atoms with van der Waals surface area (Å²) >= 11 is 0. The van der Waals surface area contributed by atoms with Crippen LogP contribution in [0.5, 0.6) is 0 Å². The normalized spacial score (nSPS) is 14.4. The first-order valence-electron chi connectivity index (χ1n) is 6.70. The number of esters is 1. The van der Waals surface area contributed by atoms with Gasteiger partial charge in [-0.3, -0.25) is 9.59 Å². The van der Waals surface area contributed by atoms with E-state index >= 15 is 0 Å². The smallest absolute Gasteiger partial charge is 0.310 e. The van der Waals surface area contributed by atoms with Crippen LogP contribution in [0.4, 0.5) is 0 Å². The van der Waals surface area contributed by atoms with E-state index in [1.807, 2.05) is 30.3 Å². The molecule has 20 heavy (non-hydrogen) atoms. The van der Waals surface area contributed by atoms with Gasteiger partial charge in [0.2, 0.25) is 0 Å². The molecule has 0 aliphatic rings. The molecular formula is C16H22O4. The van der Waals surface area contributed by atoms with Crippen molar-refractivity contribution in [1.29, 1.82) is 0 Å². The Kier molecular flexibility index (Phi) is 5.31. The van der Waals surface area contributed by atoms with Crippen LogP contribution in [0.2, 0.25) is 0 Å². The van der Waals surface area contributed by atoms with Crippen molar-refractivity contribution >= 4 is 11.9 Å². The molecule has 1 aromatic rings. The van der Waals surface area contributed by atoms with Gasteiger partial charge in [-0.05, 0) is 32.8 Å². The van der Waals surface area contributed by atoms with Gasteiger partial charge in [-0.1, -0.05) is 37.3 Å². The molecule has 4 nitrogen and oxygen atoms in total. The van der Waals surface area contributed by atoms with Crippen LogP contribution in [0.25, 0.3) is 0 Å². The van der Waals surface area contributed by atoms with E-state index in [1.54, 1.807) is 27.7 Å². The Labute approximate surface area is 119 Å². The topological polar surface area (TPSA) is 63.6 Å². The largest absolute Gasteiger partial charge is 0.481 e. The number of rotatable bonds is 5. The molecule has 0 bridgehead atoms. The maximum Gasteiger partial charge on any atom is 0.310 e. The van der Waals surface area contributed by atoms with Crippen LogP contribution in [0, 0.1) is 11.8 Å². The minimum absolute atomic E-state index is 0.316. The van der Waals surface area contributed by atoms with Crippen LogP contribution >= 0.6 is 0 Å². The maximum atomic E-state index is 12.0. The van der Waals surface area contributed by atoms with Crippen LogP contribution < -0.4 is 0 Å². The Morgan fingerprint density at radius 3 is 2.20 bits per heavy atom. The molecule has 1 N–H and O–H groups in total. The summed E-state index contributed by atoms with van der Waals surface area (Å²) < 4.78 is 5.27. The van der Waals surface area contributed by atoms with Crippen molar-refractivity contribution in [3.63, 3.8) is 0 Å². The van der Waals surface area contributed by atoms with Crippen molar-refractivity contribution in [2.24, 2.45) is 11.8 Å². The number of hydrogen-bond acceptors (Lipinski definition) is 3. The van der Waals surface area contributed by atoms with Crippen LogP contribution in [0.15, 0.2) is 30.3 Å². The first-order chi connectivity index (χ1) is 9.20. The van der Waals surface area contributed by atoms with Crippen LogP contribution in [0.3, 0.4) is 0 Å². The van der Waals surface area contributed by atoms with Gasteiger partial charge in [-0.2, -0.15) is 0 Å². The Morgan fingerprint density at radius 2 is 1.75 bits per heavy atom. The molecule has 2 atom stereocenters. The third kappa shape index (κ3) is 5.03. The lowest BCUT2D eigenvalue weighted by molar-refractivity contribution is -0.165. The molecule has 1 unspecified atom stereocenters. The molecule has 0 heterocycles. The summed E-state index contributed by atoms with van der Waals surface area (Å²) in [5.41, 5.74) is 0.288. The van der Waals surface area contributed by atoms with Gasteiger partial charge >= 0.3 is 11.9 Å². The van der Waals surface area contributed by atoms with Crippen molar-refractivity contribution in [2.45, 2.75) is 39.7 Å². The van der Waals surface area contributed by atoms with E-state index in [0.29, 0.717) is 6.42 Å². The Hall–Kier alpha value is -1.84. The summed E-state index contributed by atoms with van der Waals surface area (Å²) in [5, 5.41) is 9.34. The highest BCUT2D eigenvalue weighted by Crippen LogP contribution is 2.22. The molecule has 4 heteroatoms. The Balaban J connectivity index is 2.81. The lowest BCUT2D eigenvalue weighted by Gasteiger charge is -2.25.